The highest BCUT2D eigenvalue weighted by Gasteiger charge is 2.21. The van der Waals surface area contributed by atoms with Crippen LogP contribution in [0, 0.1) is 0 Å². The molecule has 0 unspecified atom stereocenters. The van der Waals surface area contributed by atoms with Crippen molar-refractivity contribution in [2.45, 2.75) is 43.9 Å². The molecule has 110 valence electrons. The van der Waals surface area contributed by atoms with E-state index >= 15 is 0 Å². The van der Waals surface area contributed by atoms with Gasteiger partial charge in [0.25, 0.3) is 0 Å². The Labute approximate surface area is 130 Å². The second-order valence-electron chi connectivity index (χ2n) is 5.42. The van der Waals surface area contributed by atoms with Crippen LogP contribution in [-0.4, -0.2) is 29.6 Å². The Morgan fingerprint density at radius 3 is 2.80 bits per heavy atom. The third-order valence-electron chi connectivity index (χ3n) is 3.90. The maximum atomic E-state index is 12.2. The maximum Gasteiger partial charge on any atom is 0.232 e. The van der Waals surface area contributed by atoms with Crippen LogP contribution in [-0.2, 0) is 10.5 Å². The van der Waals surface area contributed by atoms with E-state index in [1.807, 2.05) is 36.2 Å². The summed E-state index contributed by atoms with van der Waals surface area (Å²) in [6.45, 7) is 0. The summed E-state index contributed by atoms with van der Waals surface area (Å²) in [5, 5.41) is 0.758. The fourth-order valence-corrected chi connectivity index (χ4v) is 3.77. The Kier molecular flexibility index (Phi) is 6.24. The Morgan fingerprint density at radius 2 is 2.10 bits per heavy atom. The summed E-state index contributed by atoms with van der Waals surface area (Å²) in [7, 11) is 1.96. The normalized spacial score (nSPS) is 16.1. The van der Waals surface area contributed by atoms with Crippen LogP contribution in [0.25, 0.3) is 0 Å². The minimum absolute atomic E-state index is 0.254. The summed E-state index contributed by atoms with van der Waals surface area (Å²) in [5.74, 6) is 1.65. The quantitative estimate of drug-likeness (QED) is 0.805. The van der Waals surface area contributed by atoms with Gasteiger partial charge in [-0.15, -0.1) is 11.8 Å². The van der Waals surface area contributed by atoms with Crippen LogP contribution in [0.5, 0.6) is 0 Å². The molecule has 1 amide bonds. The molecule has 0 atom stereocenters. The molecule has 0 bridgehead atoms. The Morgan fingerprint density at radius 1 is 1.35 bits per heavy atom. The highest BCUT2D eigenvalue weighted by molar-refractivity contribution is 7.99. The van der Waals surface area contributed by atoms with Crippen molar-refractivity contribution in [2.75, 3.05) is 12.8 Å². The first kappa shape index (κ1) is 15.7. The molecule has 0 heterocycles. The van der Waals surface area contributed by atoms with Crippen molar-refractivity contribution in [3.63, 3.8) is 0 Å². The van der Waals surface area contributed by atoms with Crippen LogP contribution < -0.4 is 0 Å². The number of rotatable bonds is 5. The number of carbonyl (C=O) groups excluding carboxylic acids is 1. The highest BCUT2D eigenvalue weighted by Crippen LogP contribution is 2.23. The summed E-state index contributed by atoms with van der Waals surface area (Å²) in [6, 6.07) is 8.30. The standard InChI is InChI=1S/C16H22ClNOS/c1-18(15-8-3-2-4-9-15)16(19)12-20-11-13-6-5-7-14(17)10-13/h5-7,10,15H,2-4,8-9,11-12H2,1H3. The predicted octanol–water partition coefficient (Wildman–Crippen LogP) is 4.36. The van der Waals surface area contributed by atoms with Crippen molar-refractivity contribution < 1.29 is 4.79 Å². The van der Waals surface area contributed by atoms with E-state index in [0.717, 1.165) is 10.8 Å². The monoisotopic (exact) mass is 311 g/mol. The number of nitrogens with zero attached hydrogens (tertiary/aromatic N) is 1. The third-order valence-corrected chi connectivity index (χ3v) is 5.12. The molecule has 0 aliphatic heterocycles. The summed E-state index contributed by atoms with van der Waals surface area (Å²) >= 11 is 7.62. The molecule has 2 nitrogen and oxygen atoms in total. The third kappa shape index (κ3) is 4.71. The largest absolute Gasteiger partial charge is 0.342 e. The van der Waals surface area contributed by atoms with Crippen LogP contribution >= 0.6 is 23.4 Å². The Bertz CT molecular complexity index is 446. The van der Waals surface area contributed by atoms with E-state index in [9.17, 15) is 4.79 Å². The zero-order chi connectivity index (χ0) is 14.4. The van der Waals surface area contributed by atoms with Crippen molar-refractivity contribution in [1.29, 1.82) is 0 Å². The topological polar surface area (TPSA) is 20.3 Å². The lowest BCUT2D eigenvalue weighted by Crippen LogP contribution is -2.39. The molecule has 1 aliphatic rings. The second kappa shape index (κ2) is 7.94. The predicted molar refractivity (Wildman–Crippen MR) is 87.3 cm³/mol. The van der Waals surface area contributed by atoms with Crippen LogP contribution in [0.15, 0.2) is 24.3 Å². The van der Waals surface area contributed by atoms with Crippen LogP contribution in [0.4, 0.5) is 0 Å². The van der Waals surface area contributed by atoms with E-state index in [2.05, 4.69) is 0 Å². The van der Waals surface area contributed by atoms with Gasteiger partial charge in [-0.25, -0.2) is 0 Å². The number of thioether (sulfide) groups is 1. The number of hydrogen-bond acceptors (Lipinski definition) is 2. The highest BCUT2D eigenvalue weighted by atomic mass is 35.5. The number of halogens is 1. The fourth-order valence-electron chi connectivity index (χ4n) is 2.66. The zero-order valence-electron chi connectivity index (χ0n) is 12.0. The van der Waals surface area contributed by atoms with E-state index in [0.29, 0.717) is 11.8 Å². The van der Waals surface area contributed by atoms with Gasteiger partial charge < -0.3 is 4.90 Å². The molecule has 0 saturated heterocycles. The Balaban J connectivity index is 1.74. The van der Waals surface area contributed by atoms with Gasteiger partial charge >= 0.3 is 0 Å². The molecule has 20 heavy (non-hydrogen) atoms. The first-order chi connectivity index (χ1) is 9.66. The molecule has 1 aliphatic carbocycles. The first-order valence-electron chi connectivity index (χ1n) is 7.24. The summed E-state index contributed by atoms with van der Waals surface area (Å²) < 4.78 is 0. The number of amides is 1. The van der Waals surface area contributed by atoms with Gasteiger partial charge in [-0.2, -0.15) is 0 Å². The lowest BCUT2D eigenvalue weighted by atomic mass is 9.94. The van der Waals surface area contributed by atoms with E-state index in [-0.39, 0.29) is 5.91 Å². The van der Waals surface area contributed by atoms with Crippen molar-refractivity contribution in [3.05, 3.63) is 34.9 Å². The van der Waals surface area contributed by atoms with Crippen LogP contribution in [0.3, 0.4) is 0 Å². The lowest BCUT2D eigenvalue weighted by molar-refractivity contribution is -0.129. The van der Waals surface area contributed by atoms with Crippen molar-refractivity contribution in [3.8, 4) is 0 Å². The zero-order valence-corrected chi connectivity index (χ0v) is 13.6. The summed E-state index contributed by atoms with van der Waals surface area (Å²) in [6.07, 6.45) is 6.18. The van der Waals surface area contributed by atoms with Gasteiger partial charge in [0.15, 0.2) is 0 Å². The van der Waals surface area contributed by atoms with Crippen molar-refractivity contribution in [1.82, 2.24) is 4.90 Å². The molecule has 2 rings (SSSR count). The van der Waals surface area contributed by atoms with Crippen molar-refractivity contribution in [2.24, 2.45) is 0 Å². The molecule has 1 aromatic rings. The van der Waals surface area contributed by atoms with Gasteiger partial charge in [-0.1, -0.05) is 43.0 Å². The molecule has 0 N–H and O–H groups in total. The van der Waals surface area contributed by atoms with E-state index in [4.69, 9.17) is 11.6 Å². The molecule has 1 aromatic carbocycles. The number of benzene rings is 1. The van der Waals surface area contributed by atoms with Gasteiger partial charge in [0.05, 0.1) is 5.75 Å². The smallest absolute Gasteiger partial charge is 0.232 e. The Hall–Kier alpha value is -0.670. The van der Waals surface area contributed by atoms with Gasteiger partial charge in [0.1, 0.15) is 0 Å². The van der Waals surface area contributed by atoms with Gasteiger partial charge in [0.2, 0.25) is 5.91 Å². The number of carbonyl (C=O) groups is 1. The van der Waals surface area contributed by atoms with Crippen LogP contribution in [0.1, 0.15) is 37.7 Å². The van der Waals surface area contributed by atoms with E-state index < -0.39 is 0 Å². The second-order valence-corrected chi connectivity index (χ2v) is 6.84. The lowest BCUT2D eigenvalue weighted by Gasteiger charge is -2.31. The summed E-state index contributed by atoms with van der Waals surface area (Å²) in [5.41, 5.74) is 1.18. The molecule has 0 radical (unpaired) electrons. The first-order valence-corrected chi connectivity index (χ1v) is 8.78. The molecule has 0 aromatic heterocycles. The van der Waals surface area contributed by atoms with E-state index in [1.54, 1.807) is 11.8 Å². The fraction of sp³-hybridized carbons (Fsp3) is 0.562. The summed E-state index contributed by atoms with van der Waals surface area (Å²) in [4.78, 5) is 14.1. The molecule has 0 spiro atoms. The van der Waals surface area contributed by atoms with Gasteiger partial charge in [0, 0.05) is 23.9 Å². The molecular formula is C16H22ClNOS. The minimum atomic E-state index is 0.254. The van der Waals surface area contributed by atoms with Gasteiger partial charge in [-0.05, 0) is 30.5 Å². The molecular weight excluding hydrogens is 290 g/mol. The van der Waals surface area contributed by atoms with Gasteiger partial charge in [-0.3, -0.25) is 4.79 Å². The molecule has 1 saturated carbocycles. The molecule has 4 heteroatoms. The average Bonchev–Trinajstić information content (AvgIpc) is 2.47. The average molecular weight is 312 g/mol. The maximum absolute atomic E-state index is 12.2. The SMILES string of the molecule is CN(C(=O)CSCc1cccc(Cl)c1)C1CCCCC1. The van der Waals surface area contributed by atoms with Crippen LogP contribution in [0.2, 0.25) is 5.02 Å². The number of hydrogen-bond donors (Lipinski definition) is 0. The molecule has 1 fully saturated rings. The van der Waals surface area contributed by atoms with E-state index in [1.165, 1.54) is 37.7 Å². The van der Waals surface area contributed by atoms with Crippen molar-refractivity contribution >= 4 is 29.3 Å². The minimum Gasteiger partial charge on any atom is -0.342 e.